The van der Waals surface area contributed by atoms with Crippen molar-refractivity contribution in [3.05, 3.63) is 58.6 Å². The predicted molar refractivity (Wildman–Crippen MR) is 95.8 cm³/mol. The maximum Gasteiger partial charge on any atom is 0.419 e. The normalized spacial score (nSPS) is 12.8. The van der Waals surface area contributed by atoms with Crippen molar-refractivity contribution < 1.29 is 4.42 Å². The lowest BCUT2D eigenvalue weighted by Gasteiger charge is -2.17. The van der Waals surface area contributed by atoms with Crippen molar-refractivity contribution in [3.63, 3.8) is 0 Å². The van der Waals surface area contributed by atoms with Gasteiger partial charge in [0.1, 0.15) is 0 Å². The van der Waals surface area contributed by atoms with Gasteiger partial charge in [0, 0.05) is 13.1 Å². The summed E-state index contributed by atoms with van der Waals surface area (Å²) in [4.78, 5) is 14.2. The minimum atomic E-state index is -0.260. The average Bonchev–Trinajstić information content (AvgIpc) is 2.86. The second-order valence-electron chi connectivity index (χ2n) is 5.80. The molecule has 0 unspecified atom stereocenters. The number of rotatable bonds is 8. The van der Waals surface area contributed by atoms with Gasteiger partial charge in [-0.25, -0.2) is 4.79 Å². The van der Waals surface area contributed by atoms with Gasteiger partial charge in [0.05, 0.1) is 5.52 Å². The average molecular weight is 314 g/mol. The van der Waals surface area contributed by atoms with E-state index >= 15 is 0 Å². The van der Waals surface area contributed by atoms with Crippen LogP contribution in [-0.4, -0.2) is 29.6 Å². The second-order valence-corrected chi connectivity index (χ2v) is 5.80. The maximum absolute atomic E-state index is 11.9. The van der Waals surface area contributed by atoms with Gasteiger partial charge in [0.2, 0.25) is 0 Å². The molecule has 1 heterocycles. The Morgan fingerprint density at radius 1 is 1.26 bits per heavy atom. The van der Waals surface area contributed by atoms with Crippen molar-refractivity contribution >= 4 is 11.1 Å². The molecule has 0 spiro atoms. The first-order valence-corrected chi connectivity index (χ1v) is 8.20. The molecule has 1 aromatic carbocycles. The number of hydrogen-bond acceptors (Lipinski definition) is 3. The number of likely N-dealkylation sites (N-methyl/N-ethyl adjacent to an activating group) is 1. The number of aryl methyl sites for hydroxylation is 1. The van der Waals surface area contributed by atoms with Crippen LogP contribution in [0.4, 0.5) is 0 Å². The van der Waals surface area contributed by atoms with E-state index in [1.165, 1.54) is 5.57 Å². The van der Waals surface area contributed by atoms with E-state index in [9.17, 15) is 4.79 Å². The van der Waals surface area contributed by atoms with Gasteiger partial charge in [0.25, 0.3) is 0 Å². The van der Waals surface area contributed by atoms with Crippen LogP contribution in [0.2, 0.25) is 0 Å². The van der Waals surface area contributed by atoms with Crippen LogP contribution in [0, 0.1) is 0 Å². The summed E-state index contributed by atoms with van der Waals surface area (Å²) in [6, 6.07) is 7.58. The number of aromatic nitrogens is 1. The van der Waals surface area contributed by atoms with Gasteiger partial charge in [-0.2, -0.15) is 0 Å². The van der Waals surface area contributed by atoms with Gasteiger partial charge in [-0.1, -0.05) is 30.4 Å². The zero-order valence-corrected chi connectivity index (χ0v) is 14.3. The molecule has 2 aromatic rings. The summed E-state index contributed by atoms with van der Waals surface area (Å²) in [6.07, 6.45) is 8.37. The third-order valence-corrected chi connectivity index (χ3v) is 3.95. The van der Waals surface area contributed by atoms with Gasteiger partial charge in [-0.15, -0.1) is 0 Å². The molecule has 4 nitrogen and oxygen atoms in total. The van der Waals surface area contributed by atoms with Gasteiger partial charge < -0.3 is 9.32 Å². The van der Waals surface area contributed by atoms with E-state index in [1.54, 1.807) is 4.57 Å². The predicted octanol–water partition coefficient (Wildman–Crippen LogP) is 3.83. The topological polar surface area (TPSA) is 38.4 Å². The molecule has 0 aliphatic heterocycles. The van der Waals surface area contributed by atoms with Crippen LogP contribution in [-0.2, 0) is 6.54 Å². The van der Waals surface area contributed by atoms with E-state index in [1.807, 2.05) is 31.2 Å². The maximum atomic E-state index is 11.9. The Hall–Kier alpha value is -2.07. The van der Waals surface area contributed by atoms with Crippen LogP contribution in [0.1, 0.15) is 26.7 Å². The number of allylic oxidation sites excluding steroid dienone is 2. The SMILES string of the molecule is C/C=C\C(=C/C)CN(C)CCCCn1c(=O)oc2ccccc21. The number of unbranched alkanes of at least 4 members (excludes halogenated alkanes) is 1. The summed E-state index contributed by atoms with van der Waals surface area (Å²) >= 11 is 0. The van der Waals surface area contributed by atoms with Crippen LogP contribution in [0.25, 0.3) is 11.1 Å². The van der Waals surface area contributed by atoms with E-state index in [-0.39, 0.29) is 5.76 Å². The quantitative estimate of drug-likeness (QED) is 0.549. The second kappa shape index (κ2) is 8.53. The summed E-state index contributed by atoms with van der Waals surface area (Å²) in [5.41, 5.74) is 2.88. The molecule has 4 heteroatoms. The van der Waals surface area contributed by atoms with Crippen molar-refractivity contribution in [1.82, 2.24) is 9.47 Å². The molecular formula is C19H26N2O2. The zero-order valence-electron chi connectivity index (χ0n) is 14.3. The standard InChI is InChI=1S/C19H26N2O2/c1-4-10-16(5-2)15-20(3)13-8-9-14-21-17-11-6-7-12-18(17)23-19(21)22/h4-7,10-12H,8-9,13-15H2,1-3H3/b10-4-,16-5+. The molecule has 0 radical (unpaired) electrons. The van der Waals surface area contributed by atoms with Crippen LogP contribution < -0.4 is 5.76 Å². The summed E-state index contributed by atoms with van der Waals surface area (Å²) in [7, 11) is 2.13. The Balaban J connectivity index is 1.83. The number of hydrogen-bond donors (Lipinski definition) is 0. The van der Waals surface area contributed by atoms with Gasteiger partial charge in [0.15, 0.2) is 5.58 Å². The Morgan fingerprint density at radius 3 is 2.78 bits per heavy atom. The minimum absolute atomic E-state index is 0.260. The van der Waals surface area contributed by atoms with Crippen molar-refractivity contribution in [1.29, 1.82) is 0 Å². The molecule has 0 fully saturated rings. The highest BCUT2D eigenvalue weighted by molar-refractivity contribution is 5.72. The van der Waals surface area contributed by atoms with Gasteiger partial charge in [-0.05, 0) is 58.0 Å². The van der Waals surface area contributed by atoms with E-state index < -0.39 is 0 Å². The Labute approximate surface area is 137 Å². The Bertz CT molecular complexity index is 737. The molecule has 0 saturated carbocycles. The molecule has 0 atom stereocenters. The number of oxazole rings is 1. The lowest BCUT2D eigenvalue weighted by atomic mass is 10.2. The first-order chi connectivity index (χ1) is 11.2. The fourth-order valence-electron chi connectivity index (χ4n) is 2.72. The highest BCUT2D eigenvalue weighted by Crippen LogP contribution is 2.12. The summed E-state index contributed by atoms with van der Waals surface area (Å²) in [5.74, 6) is -0.260. The molecule has 1 aromatic heterocycles. The minimum Gasteiger partial charge on any atom is -0.408 e. The van der Waals surface area contributed by atoms with E-state index in [0.717, 1.165) is 31.4 Å². The van der Waals surface area contributed by atoms with Crippen molar-refractivity contribution in [2.45, 2.75) is 33.2 Å². The molecular weight excluding hydrogens is 288 g/mol. The van der Waals surface area contributed by atoms with Gasteiger partial charge in [-0.3, -0.25) is 4.57 Å². The zero-order chi connectivity index (χ0) is 16.7. The van der Waals surface area contributed by atoms with Crippen molar-refractivity contribution in [3.8, 4) is 0 Å². The van der Waals surface area contributed by atoms with Crippen molar-refractivity contribution in [2.75, 3.05) is 20.1 Å². The molecule has 0 aliphatic rings. The first kappa shape index (κ1) is 17.3. The van der Waals surface area contributed by atoms with E-state index in [2.05, 4.69) is 37.1 Å². The number of para-hydroxylation sites is 2. The monoisotopic (exact) mass is 314 g/mol. The highest BCUT2D eigenvalue weighted by Gasteiger charge is 2.08. The third-order valence-electron chi connectivity index (χ3n) is 3.95. The lowest BCUT2D eigenvalue weighted by Crippen LogP contribution is -2.22. The van der Waals surface area contributed by atoms with Gasteiger partial charge >= 0.3 is 5.76 Å². The molecule has 2 rings (SSSR count). The Morgan fingerprint density at radius 2 is 2.04 bits per heavy atom. The molecule has 23 heavy (non-hydrogen) atoms. The van der Waals surface area contributed by atoms with Crippen LogP contribution in [0.5, 0.6) is 0 Å². The fourth-order valence-corrected chi connectivity index (χ4v) is 2.72. The summed E-state index contributed by atoms with van der Waals surface area (Å²) < 4.78 is 6.98. The van der Waals surface area contributed by atoms with Crippen molar-refractivity contribution in [2.24, 2.45) is 0 Å². The number of benzene rings is 1. The van der Waals surface area contributed by atoms with E-state index in [4.69, 9.17) is 4.42 Å². The number of fused-ring (bicyclic) bond motifs is 1. The summed E-state index contributed by atoms with van der Waals surface area (Å²) in [6.45, 7) is 6.78. The van der Waals surface area contributed by atoms with Crippen LogP contribution >= 0.6 is 0 Å². The molecule has 0 aliphatic carbocycles. The largest absolute Gasteiger partial charge is 0.419 e. The summed E-state index contributed by atoms with van der Waals surface area (Å²) in [5, 5.41) is 0. The smallest absolute Gasteiger partial charge is 0.408 e. The highest BCUT2D eigenvalue weighted by atomic mass is 16.4. The molecule has 0 bridgehead atoms. The lowest BCUT2D eigenvalue weighted by molar-refractivity contribution is 0.348. The molecule has 0 saturated heterocycles. The van der Waals surface area contributed by atoms with E-state index in [0.29, 0.717) is 12.1 Å². The van der Waals surface area contributed by atoms with Crippen LogP contribution in [0.15, 0.2) is 57.3 Å². The van der Waals surface area contributed by atoms with Crippen LogP contribution in [0.3, 0.4) is 0 Å². The fraction of sp³-hybridized carbons (Fsp3) is 0.421. The molecule has 0 amide bonds. The Kier molecular flexibility index (Phi) is 6.41. The third kappa shape index (κ3) is 4.70. The number of nitrogens with zero attached hydrogens (tertiary/aromatic N) is 2. The molecule has 124 valence electrons. The molecule has 0 N–H and O–H groups in total. The first-order valence-electron chi connectivity index (χ1n) is 8.20.